The highest BCUT2D eigenvalue weighted by molar-refractivity contribution is 5.55. The van der Waals surface area contributed by atoms with Gasteiger partial charge in [-0.05, 0) is 19.1 Å². The lowest BCUT2D eigenvalue weighted by Gasteiger charge is -2.15. The van der Waals surface area contributed by atoms with Gasteiger partial charge in [-0.2, -0.15) is 13.2 Å². The highest BCUT2D eigenvalue weighted by atomic mass is 19.4. The standard InChI is InChI=1S/C12H11F3N4O2/c1-7(11-16-4-5-17-11)18-8-2-3-10(19(20)21)9(6-8)12(13,14)15/h2-7,18H,1H3,(H,16,17). The van der Waals surface area contributed by atoms with Crippen molar-refractivity contribution in [3.05, 3.63) is 52.1 Å². The molecule has 9 heteroatoms. The lowest BCUT2D eigenvalue weighted by atomic mass is 10.1. The Morgan fingerprint density at radius 3 is 2.67 bits per heavy atom. The molecule has 0 saturated heterocycles. The second kappa shape index (κ2) is 5.43. The van der Waals surface area contributed by atoms with Crippen LogP contribution in [0.15, 0.2) is 30.6 Å². The number of benzene rings is 1. The Morgan fingerprint density at radius 2 is 2.14 bits per heavy atom. The molecule has 0 aliphatic heterocycles. The van der Waals surface area contributed by atoms with Gasteiger partial charge < -0.3 is 10.3 Å². The first-order valence-electron chi connectivity index (χ1n) is 5.90. The van der Waals surface area contributed by atoms with Gasteiger partial charge in [-0.3, -0.25) is 10.1 Å². The van der Waals surface area contributed by atoms with Gasteiger partial charge in [0.2, 0.25) is 0 Å². The number of hydrogen-bond acceptors (Lipinski definition) is 4. The van der Waals surface area contributed by atoms with Crippen LogP contribution < -0.4 is 5.32 Å². The summed E-state index contributed by atoms with van der Waals surface area (Å²) in [7, 11) is 0. The Hall–Kier alpha value is -2.58. The molecular formula is C12H11F3N4O2. The van der Waals surface area contributed by atoms with Crippen molar-refractivity contribution in [2.45, 2.75) is 19.1 Å². The Bertz CT molecular complexity index is 640. The number of nitrogens with zero attached hydrogens (tertiary/aromatic N) is 2. The molecule has 2 N–H and O–H groups in total. The summed E-state index contributed by atoms with van der Waals surface area (Å²) < 4.78 is 38.5. The summed E-state index contributed by atoms with van der Waals surface area (Å²) >= 11 is 0. The maximum absolute atomic E-state index is 12.8. The van der Waals surface area contributed by atoms with Gasteiger partial charge in [0.05, 0.1) is 11.0 Å². The SMILES string of the molecule is CC(Nc1ccc([N+](=O)[O-])c(C(F)(F)F)c1)c1ncc[nH]1. The first kappa shape index (κ1) is 14.8. The number of hydrogen-bond donors (Lipinski definition) is 2. The van der Waals surface area contributed by atoms with Crippen LogP contribution in [0.1, 0.15) is 24.4 Å². The normalized spacial score (nSPS) is 13.0. The molecule has 0 radical (unpaired) electrons. The molecule has 1 aromatic carbocycles. The second-order valence-electron chi connectivity index (χ2n) is 4.33. The van der Waals surface area contributed by atoms with Crippen LogP contribution in [0.3, 0.4) is 0 Å². The molecule has 0 bridgehead atoms. The first-order chi connectivity index (χ1) is 9.79. The summed E-state index contributed by atoms with van der Waals surface area (Å²) in [5.74, 6) is 0.543. The third kappa shape index (κ3) is 3.30. The molecule has 2 aromatic rings. The smallest absolute Gasteiger partial charge is 0.375 e. The van der Waals surface area contributed by atoms with Crippen LogP contribution in [0.4, 0.5) is 24.5 Å². The van der Waals surface area contributed by atoms with E-state index in [0.717, 1.165) is 12.1 Å². The van der Waals surface area contributed by atoms with Crippen LogP contribution >= 0.6 is 0 Å². The zero-order chi connectivity index (χ0) is 15.6. The average molecular weight is 300 g/mol. The van der Waals surface area contributed by atoms with Crippen molar-refractivity contribution in [1.82, 2.24) is 9.97 Å². The van der Waals surface area contributed by atoms with Crippen LogP contribution in [0.2, 0.25) is 0 Å². The molecule has 1 heterocycles. The minimum absolute atomic E-state index is 0.122. The molecule has 112 valence electrons. The van der Waals surface area contributed by atoms with E-state index < -0.39 is 22.4 Å². The van der Waals surface area contributed by atoms with Crippen molar-refractivity contribution in [3.63, 3.8) is 0 Å². The van der Waals surface area contributed by atoms with Crippen LogP contribution in [0, 0.1) is 10.1 Å². The number of nitro groups is 1. The third-order valence-corrected chi connectivity index (χ3v) is 2.81. The van der Waals surface area contributed by atoms with Gasteiger partial charge in [0.15, 0.2) is 0 Å². The molecule has 1 atom stereocenters. The van der Waals surface area contributed by atoms with E-state index in [9.17, 15) is 23.3 Å². The molecule has 0 aliphatic rings. The van der Waals surface area contributed by atoms with Crippen molar-refractivity contribution in [3.8, 4) is 0 Å². The number of halogens is 3. The summed E-state index contributed by atoms with van der Waals surface area (Å²) in [6.45, 7) is 1.70. The molecule has 0 saturated carbocycles. The first-order valence-corrected chi connectivity index (χ1v) is 5.90. The fourth-order valence-electron chi connectivity index (χ4n) is 1.84. The lowest BCUT2D eigenvalue weighted by Crippen LogP contribution is -2.12. The van der Waals surface area contributed by atoms with E-state index in [-0.39, 0.29) is 11.7 Å². The zero-order valence-electron chi connectivity index (χ0n) is 10.8. The van der Waals surface area contributed by atoms with Crippen LogP contribution in [-0.4, -0.2) is 14.9 Å². The van der Waals surface area contributed by atoms with Crippen LogP contribution in [0.5, 0.6) is 0 Å². The van der Waals surface area contributed by atoms with Gasteiger partial charge in [0.25, 0.3) is 5.69 Å². The van der Waals surface area contributed by atoms with Crippen LogP contribution in [0.25, 0.3) is 0 Å². The number of aromatic amines is 1. The van der Waals surface area contributed by atoms with Gasteiger partial charge in [0.1, 0.15) is 11.4 Å². The van der Waals surface area contributed by atoms with Gasteiger partial charge in [-0.25, -0.2) is 4.98 Å². The molecule has 0 amide bonds. The van der Waals surface area contributed by atoms with E-state index in [1.165, 1.54) is 12.3 Å². The predicted molar refractivity (Wildman–Crippen MR) is 68.7 cm³/mol. The van der Waals surface area contributed by atoms with E-state index in [2.05, 4.69) is 15.3 Å². The van der Waals surface area contributed by atoms with Crippen molar-refractivity contribution < 1.29 is 18.1 Å². The summed E-state index contributed by atoms with van der Waals surface area (Å²) in [5.41, 5.74) is -2.14. The topological polar surface area (TPSA) is 83.8 Å². The maximum Gasteiger partial charge on any atom is 0.423 e. The Morgan fingerprint density at radius 1 is 1.43 bits per heavy atom. The van der Waals surface area contributed by atoms with E-state index in [1.807, 2.05) is 0 Å². The summed E-state index contributed by atoms with van der Waals surface area (Å²) in [6, 6.07) is 2.41. The molecule has 0 spiro atoms. The largest absolute Gasteiger partial charge is 0.423 e. The molecule has 1 aromatic heterocycles. The van der Waals surface area contributed by atoms with E-state index in [0.29, 0.717) is 5.82 Å². The Labute approximate surface area is 117 Å². The predicted octanol–water partition coefficient (Wildman–Crippen LogP) is 3.51. The number of aromatic nitrogens is 2. The lowest BCUT2D eigenvalue weighted by molar-refractivity contribution is -0.388. The quantitative estimate of drug-likeness (QED) is 0.668. The highest BCUT2D eigenvalue weighted by Gasteiger charge is 2.38. The third-order valence-electron chi connectivity index (χ3n) is 2.81. The van der Waals surface area contributed by atoms with Crippen molar-refractivity contribution in [1.29, 1.82) is 0 Å². The summed E-state index contributed by atoms with van der Waals surface area (Å²) in [5, 5.41) is 13.5. The molecule has 0 aliphatic carbocycles. The number of imidazole rings is 1. The number of nitro benzene ring substituents is 1. The van der Waals surface area contributed by atoms with E-state index in [4.69, 9.17) is 0 Å². The minimum Gasteiger partial charge on any atom is -0.375 e. The molecule has 0 fully saturated rings. The molecule has 2 rings (SSSR count). The Kier molecular flexibility index (Phi) is 3.83. The molecular weight excluding hydrogens is 289 g/mol. The fraction of sp³-hybridized carbons (Fsp3) is 0.250. The number of nitrogens with one attached hydrogen (secondary N) is 2. The second-order valence-corrected chi connectivity index (χ2v) is 4.33. The summed E-state index contributed by atoms with van der Waals surface area (Å²) in [6.07, 6.45) is -1.69. The zero-order valence-corrected chi connectivity index (χ0v) is 10.8. The summed E-state index contributed by atoms with van der Waals surface area (Å²) in [4.78, 5) is 16.4. The number of H-pyrrole nitrogens is 1. The number of anilines is 1. The monoisotopic (exact) mass is 300 g/mol. The molecule has 6 nitrogen and oxygen atoms in total. The minimum atomic E-state index is -4.80. The van der Waals surface area contributed by atoms with Gasteiger partial charge in [-0.1, -0.05) is 0 Å². The van der Waals surface area contributed by atoms with Crippen molar-refractivity contribution in [2.75, 3.05) is 5.32 Å². The number of alkyl halides is 3. The van der Waals surface area contributed by atoms with E-state index in [1.54, 1.807) is 13.1 Å². The molecule has 1 unspecified atom stereocenters. The van der Waals surface area contributed by atoms with Gasteiger partial charge >= 0.3 is 6.18 Å². The van der Waals surface area contributed by atoms with E-state index >= 15 is 0 Å². The van der Waals surface area contributed by atoms with Gasteiger partial charge in [-0.15, -0.1) is 0 Å². The fourth-order valence-corrected chi connectivity index (χ4v) is 1.84. The van der Waals surface area contributed by atoms with Crippen molar-refractivity contribution in [2.24, 2.45) is 0 Å². The van der Waals surface area contributed by atoms with Crippen molar-refractivity contribution >= 4 is 11.4 Å². The Balaban J connectivity index is 2.32. The molecule has 21 heavy (non-hydrogen) atoms. The average Bonchev–Trinajstić information content (AvgIpc) is 2.91. The highest BCUT2D eigenvalue weighted by Crippen LogP contribution is 2.37. The number of rotatable bonds is 4. The maximum atomic E-state index is 12.8. The van der Waals surface area contributed by atoms with Crippen LogP contribution in [-0.2, 0) is 6.18 Å². The van der Waals surface area contributed by atoms with Gasteiger partial charge in [0, 0.05) is 24.1 Å².